The molecule has 1 aromatic heterocycles. The molecule has 1 rings (SSSR count). The van der Waals surface area contributed by atoms with Gasteiger partial charge in [-0.3, -0.25) is 9.78 Å². The number of aromatic nitrogens is 1. The van der Waals surface area contributed by atoms with Crippen LogP contribution in [0.4, 0.5) is 5.69 Å². The number of nitrogens with two attached hydrogens (primary N) is 2. The summed E-state index contributed by atoms with van der Waals surface area (Å²) in [4.78, 5) is 14.3. The van der Waals surface area contributed by atoms with E-state index in [0.29, 0.717) is 11.4 Å². The van der Waals surface area contributed by atoms with Crippen molar-refractivity contribution >= 4 is 17.7 Å². The van der Waals surface area contributed by atoms with E-state index in [-0.39, 0.29) is 0 Å². The second-order valence-corrected chi connectivity index (χ2v) is 2.25. The number of anilines is 1. The van der Waals surface area contributed by atoms with Gasteiger partial charge in [0.2, 0.25) is 5.91 Å². The number of hydrogen-bond donors (Lipinski definition) is 2. The molecule has 1 amide bonds. The normalized spacial score (nSPS) is 10.3. The predicted molar refractivity (Wildman–Crippen MR) is 46.9 cm³/mol. The van der Waals surface area contributed by atoms with Crippen molar-refractivity contribution in [3.63, 3.8) is 0 Å². The van der Waals surface area contributed by atoms with Crippen LogP contribution in [-0.4, -0.2) is 10.9 Å². The zero-order chi connectivity index (χ0) is 8.97. The molecule has 0 aliphatic heterocycles. The van der Waals surface area contributed by atoms with Gasteiger partial charge in [-0.25, -0.2) is 0 Å². The Morgan fingerprint density at radius 3 is 2.92 bits per heavy atom. The summed E-state index contributed by atoms with van der Waals surface area (Å²) in [6.07, 6.45) is 4.32. The van der Waals surface area contributed by atoms with Gasteiger partial charge in [0, 0.05) is 18.0 Å². The van der Waals surface area contributed by atoms with Gasteiger partial charge in [-0.2, -0.15) is 0 Å². The number of carbonyl (C=O) groups is 1. The van der Waals surface area contributed by atoms with Gasteiger partial charge in [0.25, 0.3) is 0 Å². The van der Waals surface area contributed by atoms with E-state index < -0.39 is 5.91 Å². The number of nitrogen functional groups attached to an aromatic ring is 1. The quantitative estimate of drug-likeness (QED) is 0.609. The van der Waals surface area contributed by atoms with Crippen molar-refractivity contribution in [1.82, 2.24) is 4.98 Å². The van der Waals surface area contributed by atoms with Crippen molar-refractivity contribution < 1.29 is 4.79 Å². The van der Waals surface area contributed by atoms with E-state index in [4.69, 9.17) is 11.5 Å². The monoisotopic (exact) mass is 163 g/mol. The minimum absolute atomic E-state index is 0.501. The molecule has 62 valence electrons. The highest BCUT2D eigenvalue weighted by Crippen LogP contribution is 2.03. The van der Waals surface area contributed by atoms with Crippen molar-refractivity contribution in [2.24, 2.45) is 5.73 Å². The Morgan fingerprint density at radius 1 is 1.58 bits per heavy atom. The molecule has 0 bridgehead atoms. The molecule has 0 unspecified atom stereocenters. The van der Waals surface area contributed by atoms with Crippen molar-refractivity contribution in [3.05, 3.63) is 30.1 Å². The van der Waals surface area contributed by atoms with E-state index in [9.17, 15) is 4.79 Å². The Labute approximate surface area is 69.9 Å². The van der Waals surface area contributed by atoms with Crippen LogP contribution >= 0.6 is 0 Å². The van der Waals surface area contributed by atoms with Crippen LogP contribution in [-0.2, 0) is 4.79 Å². The van der Waals surface area contributed by atoms with Crippen LogP contribution in [0.15, 0.2) is 24.4 Å². The van der Waals surface area contributed by atoms with E-state index in [2.05, 4.69) is 4.98 Å². The number of hydrogen-bond acceptors (Lipinski definition) is 3. The summed E-state index contributed by atoms with van der Waals surface area (Å²) in [5, 5.41) is 0. The molecule has 4 heteroatoms. The molecule has 0 aliphatic carbocycles. The third-order valence-electron chi connectivity index (χ3n) is 1.22. The van der Waals surface area contributed by atoms with Gasteiger partial charge in [-0.1, -0.05) is 0 Å². The van der Waals surface area contributed by atoms with Gasteiger partial charge in [-0.05, 0) is 18.2 Å². The minimum Gasteiger partial charge on any atom is -0.399 e. The topological polar surface area (TPSA) is 82.0 Å². The fourth-order valence-electron chi connectivity index (χ4n) is 0.724. The SMILES string of the molecule is NC(=O)C=Cc1cc(N)ccn1. The molecule has 0 aromatic carbocycles. The smallest absolute Gasteiger partial charge is 0.241 e. The van der Waals surface area contributed by atoms with E-state index >= 15 is 0 Å². The first-order valence-electron chi connectivity index (χ1n) is 3.37. The van der Waals surface area contributed by atoms with Crippen LogP contribution in [0.3, 0.4) is 0 Å². The van der Waals surface area contributed by atoms with Crippen LogP contribution in [0.1, 0.15) is 5.69 Å². The highest BCUT2D eigenvalue weighted by molar-refractivity contribution is 5.90. The summed E-state index contributed by atoms with van der Waals surface area (Å²) in [6.45, 7) is 0. The molecule has 0 saturated heterocycles. The molecular formula is C8H9N3O. The van der Waals surface area contributed by atoms with Crippen LogP contribution in [0, 0.1) is 0 Å². The molecule has 0 saturated carbocycles. The minimum atomic E-state index is -0.501. The maximum Gasteiger partial charge on any atom is 0.241 e. The molecule has 1 heterocycles. The van der Waals surface area contributed by atoms with Gasteiger partial charge in [0.1, 0.15) is 0 Å². The Hall–Kier alpha value is -1.84. The van der Waals surface area contributed by atoms with Crippen LogP contribution in [0.25, 0.3) is 6.08 Å². The summed E-state index contributed by atoms with van der Waals surface area (Å²) in [7, 11) is 0. The van der Waals surface area contributed by atoms with Crippen molar-refractivity contribution in [3.8, 4) is 0 Å². The van der Waals surface area contributed by atoms with Gasteiger partial charge < -0.3 is 11.5 Å². The first-order valence-corrected chi connectivity index (χ1v) is 3.37. The lowest BCUT2D eigenvalue weighted by Crippen LogP contribution is -2.05. The standard InChI is InChI=1S/C8H9N3O/c9-6-3-4-11-7(5-6)1-2-8(10)12/h1-5H,(H2,9,11)(H2,10,12). The lowest BCUT2D eigenvalue weighted by Gasteiger charge is -1.93. The second-order valence-electron chi connectivity index (χ2n) is 2.25. The first kappa shape index (κ1) is 8.26. The van der Waals surface area contributed by atoms with Crippen LogP contribution in [0.5, 0.6) is 0 Å². The fourth-order valence-corrected chi connectivity index (χ4v) is 0.724. The lowest BCUT2D eigenvalue weighted by atomic mass is 10.3. The van der Waals surface area contributed by atoms with Gasteiger partial charge in [0.15, 0.2) is 0 Å². The second kappa shape index (κ2) is 3.52. The van der Waals surface area contributed by atoms with E-state index in [1.807, 2.05) is 0 Å². The van der Waals surface area contributed by atoms with Gasteiger partial charge in [0.05, 0.1) is 5.69 Å². The Kier molecular flexibility index (Phi) is 2.42. The van der Waals surface area contributed by atoms with E-state index in [1.165, 1.54) is 12.2 Å². The van der Waals surface area contributed by atoms with Crippen molar-refractivity contribution in [2.45, 2.75) is 0 Å². The summed E-state index contributed by atoms with van der Waals surface area (Å²) in [5.41, 5.74) is 11.6. The van der Waals surface area contributed by atoms with E-state index in [0.717, 1.165) is 0 Å². The van der Waals surface area contributed by atoms with Gasteiger partial charge >= 0.3 is 0 Å². The zero-order valence-electron chi connectivity index (χ0n) is 6.40. The maximum atomic E-state index is 10.3. The van der Waals surface area contributed by atoms with E-state index in [1.54, 1.807) is 18.3 Å². The molecule has 4 N–H and O–H groups in total. The highest BCUT2D eigenvalue weighted by atomic mass is 16.1. The molecular weight excluding hydrogens is 154 g/mol. The Morgan fingerprint density at radius 2 is 2.33 bits per heavy atom. The summed E-state index contributed by atoms with van der Waals surface area (Å²) in [5.74, 6) is -0.501. The molecule has 1 aromatic rings. The maximum absolute atomic E-state index is 10.3. The zero-order valence-corrected chi connectivity index (χ0v) is 6.40. The molecule has 0 spiro atoms. The molecule has 0 fully saturated rings. The fraction of sp³-hybridized carbons (Fsp3) is 0. The van der Waals surface area contributed by atoms with Crippen molar-refractivity contribution in [1.29, 1.82) is 0 Å². The lowest BCUT2D eigenvalue weighted by molar-refractivity contribution is -0.113. The molecule has 0 radical (unpaired) electrons. The molecule has 4 nitrogen and oxygen atoms in total. The molecule has 12 heavy (non-hydrogen) atoms. The highest BCUT2D eigenvalue weighted by Gasteiger charge is 1.89. The Balaban J connectivity index is 2.83. The first-order chi connectivity index (χ1) is 5.68. The largest absolute Gasteiger partial charge is 0.399 e. The van der Waals surface area contributed by atoms with Crippen LogP contribution < -0.4 is 11.5 Å². The number of primary amides is 1. The average molecular weight is 163 g/mol. The summed E-state index contributed by atoms with van der Waals surface area (Å²) >= 11 is 0. The summed E-state index contributed by atoms with van der Waals surface area (Å²) < 4.78 is 0. The van der Waals surface area contributed by atoms with Crippen molar-refractivity contribution in [2.75, 3.05) is 5.73 Å². The molecule has 0 aliphatic rings. The molecule has 0 atom stereocenters. The number of carbonyl (C=O) groups excluding carboxylic acids is 1. The number of amides is 1. The Bertz CT molecular complexity index is 320. The number of pyridine rings is 1. The van der Waals surface area contributed by atoms with Crippen LogP contribution in [0.2, 0.25) is 0 Å². The third kappa shape index (κ3) is 2.42. The average Bonchev–Trinajstić information content (AvgIpc) is 2.01. The predicted octanol–water partition coefficient (Wildman–Crippen LogP) is 0.162. The third-order valence-corrected chi connectivity index (χ3v) is 1.22. The summed E-state index contributed by atoms with van der Waals surface area (Å²) in [6, 6.07) is 3.32. The number of rotatable bonds is 2. The number of nitrogens with zero attached hydrogens (tertiary/aromatic N) is 1. The van der Waals surface area contributed by atoms with Gasteiger partial charge in [-0.15, -0.1) is 0 Å².